The minimum atomic E-state index is -0.606. The molecule has 0 aliphatic heterocycles. The Labute approximate surface area is 161 Å². The topological polar surface area (TPSA) is 56.8 Å². The molecule has 0 bridgehead atoms. The first-order chi connectivity index (χ1) is 12.8. The molecule has 2 aromatic rings. The van der Waals surface area contributed by atoms with Gasteiger partial charge in [0.2, 0.25) is 0 Å². The van der Waals surface area contributed by atoms with Crippen LogP contribution in [0.3, 0.4) is 0 Å². The number of nitrogens with one attached hydrogen (secondary N) is 1. The molecule has 27 heavy (non-hydrogen) atoms. The predicted molar refractivity (Wildman–Crippen MR) is 107 cm³/mol. The van der Waals surface area contributed by atoms with Gasteiger partial charge in [-0.1, -0.05) is 19.9 Å². The Bertz CT molecular complexity index is 786. The fourth-order valence-corrected chi connectivity index (χ4v) is 2.97. The number of carbonyl (C=O) groups excluding carboxylic acids is 1. The molecule has 0 radical (unpaired) electrons. The van der Waals surface area contributed by atoms with E-state index in [2.05, 4.69) is 32.2 Å². The smallest absolute Gasteiger partial charge is 0.261 e. The summed E-state index contributed by atoms with van der Waals surface area (Å²) in [5.41, 5.74) is 3.29. The van der Waals surface area contributed by atoms with Crippen LogP contribution in [0.5, 0.6) is 17.2 Å². The quantitative estimate of drug-likeness (QED) is 0.755. The molecule has 5 nitrogen and oxygen atoms in total. The maximum atomic E-state index is 12.4. The van der Waals surface area contributed by atoms with Crippen LogP contribution >= 0.6 is 0 Å². The third kappa shape index (κ3) is 5.39. The summed E-state index contributed by atoms with van der Waals surface area (Å²) >= 11 is 0. The van der Waals surface area contributed by atoms with Crippen molar-refractivity contribution in [1.82, 2.24) is 5.32 Å². The number of ether oxygens (including phenoxy) is 3. The van der Waals surface area contributed by atoms with Gasteiger partial charge < -0.3 is 19.5 Å². The van der Waals surface area contributed by atoms with E-state index in [0.29, 0.717) is 29.7 Å². The van der Waals surface area contributed by atoms with Gasteiger partial charge in [0, 0.05) is 12.1 Å². The second-order valence-electron chi connectivity index (χ2n) is 6.83. The third-order valence-corrected chi connectivity index (χ3v) is 4.49. The number of benzene rings is 2. The predicted octanol–water partition coefficient (Wildman–Crippen LogP) is 4.22. The maximum Gasteiger partial charge on any atom is 0.261 e. The molecule has 0 aliphatic rings. The first-order valence-electron chi connectivity index (χ1n) is 9.11. The Morgan fingerprint density at radius 2 is 1.70 bits per heavy atom. The van der Waals surface area contributed by atoms with Crippen LogP contribution in [0.4, 0.5) is 0 Å². The zero-order valence-electron chi connectivity index (χ0n) is 17.0. The Balaban J connectivity index is 1.99. The van der Waals surface area contributed by atoms with Gasteiger partial charge in [-0.25, -0.2) is 0 Å². The second-order valence-corrected chi connectivity index (χ2v) is 6.83. The van der Waals surface area contributed by atoms with Gasteiger partial charge in [-0.3, -0.25) is 4.79 Å². The zero-order chi connectivity index (χ0) is 20.0. The molecular formula is C22H29NO4. The average Bonchev–Trinajstić information content (AvgIpc) is 2.65. The highest BCUT2D eigenvalue weighted by atomic mass is 16.5. The van der Waals surface area contributed by atoms with Crippen LogP contribution < -0.4 is 19.5 Å². The normalized spacial score (nSPS) is 11.8. The lowest BCUT2D eigenvalue weighted by molar-refractivity contribution is -0.127. The van der Waals surface area contributed by atoms with Gasteiger partial charge in [-0.05, 0) is 61.2 Å². The first-order valence-corrected chi connectivity index (χ1v) is 9.11. The van der Waals surface area contributed by atoms with Crippen molar-refractivity contribution in [3.8, 4) is 17.2 Å². The molecule has 0 aromatic heterocycles. The van der Waals surface area contributed by atoms with E-state index in [1.807, 2.05) is 30.3 Å². The highest BCUT2D eigenvalue weighted by Crippen LogP contribution is 2.25. The molecule has 0 saturated heterocycles. The molecule has 1 unspecified atom stereocenters. The number of aryl methyl sites for hydroxylation is 1. The van der Waals surface area contributed by atoms with Crippen molar-refractivity contribution in [3.63, 3.8) is 0 Å². The molecule has 2 aromatic carbocycles. The molecule has 0 aliphatic carbocycles. The largest absolute Gasteiger partial charge is 0.497 e. The summed E-state index contributed by atoms with van der Waals surface area (Å²) in [5, 5.41) is 2.89. The third-order valence-electron chi connectivity index (χ3n) is 4.49. The van der Waals surface area contributed by atoms with E-state index < -0.39 is 6.10 Å². The van der Waals surface area contributed by atoms with Crippen molar-refractivity contribution < 1.29 is 19.0 Å². The summed E-state index contributed by atoms with van der Waals surface area (Å²) in [6.45, 7) is 8.45. The van der Waals surface area contributed by atoms with Crippen LogP contribution in [0.2, 0.25) is 0 Å². The summed E-state index contributed by atoms with van der Waals surface area (Å²) in [4.78, 5) is 12.4. The summed E-state index contributed by atoms with van der Waals surface area (Å²) in [7, 11) is 3.20. The lowest BCUT2D eigenvalue weighted by atomic mass is 9.98. The van der Waals surface area contributed by atoms with Crippen molar-refractivity contribution in [2.75, 3.05) is 14.2 Å². The SMILES string of the molecule is COc1ccc(OC)c(CNC(=O)C(C)Oc2ccc(C(C)C)c(C)c2)c1. The summed E-state index contributed by atoms with van der Waals surface area (Å²) in [5.74, 6) is 2.37. The van der Waals surface area contributed by atoms with Gasteiger partial charge in [0.1, 0.15) is 17.2 Å². The standard InChI is InChI=1S/C22H29NO4/c1-14(2)20-9-7-19(11-15(20)3)27-16(4)22(24)23-13-17-12-18(25-5)8-10-21(17)26-6/h7-12,14,16H,13H2,1-6H3,(H,23,24). The van der Waals surface area contributed by atoms with Gasteiger partial charge in [0.15, 0.2) is 6.10 Å². The molecular weight excluding hydrogens is 342 g/mol. The lowest BCUT2D eigenvalue weighted by Crippen LogP contribution is -2.36. The van der Waals surface area contributed by atoms with Gasteiger partial charge >= 0.3 is 0 Å². The minimum Gasteiger partial charge on any atom is -0.497 e. The highest BCUT2D eigenvalue weighted by molar-refractivity contribution is 5.80. The van der Waals surface area contributed by atoms with Crippen molar-refractivity contribution in [2.24, 2.45) is 0 Å². The molecule has 0 saturated carbocycles. The van der Waals surface area contributed by atoms with Crippen LogP contribution in [0, 0.1) is 6.92 Å². The lowest BCUT2D eigenvalue weighted by Gasteiger charge is -2.17. The molecule has 1 amide bonds. The fraction of sp³-hybridized carbons (Fsp3) is 0.409. The molecule has 2 rings (SSSR count). The Morgan fingerprint density at radius 1 is 1.00 bits per heavy atom. The van der Waals surface area contributed by atoms with Crippen molar-refractivity contribution >= 4 is 5.91 Å². The molecule has 146 valence electrons. The van der Waals surface area contributed by atoms with Crippen LogP contribution in [0.1, 0.15) is 43.4 Å². The van der Waals surface area contributed by atoms with E-state index in [9.17, 15) is 4.79 Å². The number of methoxy groups -OCH3 is 2. The Kier molecular flexibility index (Phi) is 7.11. The van der Waals surface area contributed by atoms with Gasteiger partial charge in [-0.15, -0.1) is 0 Å². The Hall–Kier alpha value is -2.69. The summed E-state index contributed by atoms with van der Waals surface area (Å²) in [6, 6.07) is 11.4. The van der Waals surface area contributed by atoms with Crippen molar-refractivity contribution in [2.45, 2.75) is 46.3 Å². The van der Waals surface area contributed by atoms with Crippen molar-refractivity contribution in [3.05, 3.63) is 53.1 Å². The zero-order valence-corrected chi connectivity index (χ0v) is 17.0. The number of hydrogen-bond acceptors (Lipinski definition) is 4. The van der Waals surface area contributed by atoms with Gasteiger partial charge in [0.05, 0.1) is 14.2 Å². The molecule has 1 atom stereocenters. The minimum absolute atomic E-state index is 0.189. The highest BCUT2D eigenvalue weighted by Gasteiger charge is 2.16. The average molecular weight is 371 g/mol. The first kappa shape index (κ1) is 20.6. The van der Waals surface area contributed by atoms with Crippen molar-refractivity contribution in [1.29, 1.82) is 0 Å². The van der Waals surface area contributed by atoms with Crippen LogP contribution in [-0.2, 0) is 11.3 Å². The van der Waals surface area contributed by atoms with Crippen LogP contribution in [-0.4, -0.2) is 26.2 Å². The van der Waals surface area contributed by atoms with Crippen LogP contribution in [0.15, 0.2) is 36.4 Å². The number of carbonyl (C=O) groups is 1. The number of amides is 1. The molecule has 5 heteroatoms. The van der Waals surface area contributed by atoms with E-state index in [1.165, 1.54) is 5.56 Å². The summed E-state index contributed by atoms with van der Waals surface area (Å²) in [6.07, 6.45) is -0.606. The van der Waals surface area contributed by atoms with E-state index in [0.717, 1.165) is 11.1 Å². The molecule has 0 spiro atoms. The monoisotopic (exact) mass is 371 g/mol. The molecule has 0 heterocycles. The molecule has 1 N–H and O–H groups in total. The van der Waals surface area contributed by atoms with E-state index >= 15 is 0 Å². The van der Waals surface area contributed by atoms with E-state index in [4.69, 9.17) is 14.2 Å². The molecule has 0 fully saturated rings. The van der Waals surface area contributed by atoms with Crippen LogP contribution in [0.25, 0.3) is 0 Å². The Morgan fingerprint density at radius 3 is 2.30 bits per heavy atom. The van der Waals surface area contributed by atoms with Gasteiger partial charge in [-0.2, -0.15) is 0 Å². The number of hydrogen-bond donors (Lipinski definition) is 1. The van der Waals surface area contributed by atoms with Gasteiger partial charge in [0.25, 0.3) is 5.91 Å². The number of rotatable bonds is 8. The van der Waals surface area contributed by atoms with E-state index in [-0.39, 0.29) is 5.91 Å². The second kappa shape index (κ2) is 9.31. The maximum absolute atomic E-state index is 12.4. The van der Waals surface area contributed by atoms with E-state index in [1.54, 1.807) is 21.1 Å². The summed E-state index contributed by atoms with van der Waals surface area (Å²) < 4.78 is 16.4. The fourth-order valence-electron chi connectivity index (χ4n) is 2.97.